The van der Waals surface area contributed by atoms with E-state index < -0.39 is 6.09 Å². The first-order chi connectivity index (χ1) is 11.2. The molecule has 1 aliphatic heterocycles. The number of amides is 2. The Morgan fingerprint density at radius 1 is 1.35 bits per heavy atom. The fourth-order valence-corrected chi connectivity index (χ4v) is 3.15. The van der Waals surface area contributed by atoms with E-state index in [0.29, 0.717) is 12.3 Å². The van der Waals surface area contributed by atoms with E-state index in [1.807, 2.05) is 49.4 Å². The van der Waals surface area contributed by atoms with Crippen LogP contribution in [0.1, 0.15) is 31.7 Å². The van der Waals surface area contributed by atoms with Crippen LogP contribution in [-0.2, 0) is 16.0 Å². The number of benzene rings is 1. The van der Waals surface area contributed by atoms with E-state index in [1.165, 1.54) is 17.7 Å². The number of allylic oxidation sites excluding steroid dienone is 1. The molecule has 1 saturated carbocycles. The van der Waals surface area contributed by atoms with Crippen molar-refractivity contribution in [3.8, 4) is 0 Å². The zero-order chi connectivity index (χ0) is 16.2. The van der Waals surface area contributed by atoms with Crippen molar-refractivity contribution in [3.05, 3.63) is 48.0 Å². The van der Waals surface area contributed by atoms with Crippen molar-refractivity contribution >= 4 is 12.0 Å². The Morgan fingerprint density at radius 3 is 2.74 bits per heavy atom. The third kappa shape index (κ3) is 3.81. The van der Waals surface area contributed by atoms with Crippen molar-refractivity contribution < 1.29 is 14.3 Å². The molecule has 3 rings (SSSR count). The topological polar surface area (TPSA) is 46.6 Å². The molecule has 1 aromatic carbocycles. The molecule has 2 fully saturated rings. The lowest BCUT2D eigenvalue weighted by molar-refractivity contribution is -0.132. The van der Waals surface area contributed by atoms with Crippen LogP contribution >= 0.6 is 0 Å². The maximum absolute atomic E-state index is 12.9. The third-order valence-corrected chi connectivity index (χ3v) is 4.54. The molecule has 0 unspecified atom stereocenters. The summed E-state index contributed by atoms with van der Waals surface area (Å²) in [6, 6.07) is 9.71. The summed E-state index contributed by atoms with van der Waals surface area (Å²) < 4.78 is 5.16. The Kier molecular flexibility index (Phi) is 4.79. The van der Waals surface area contributed by atoms with E-state index in [1.54, 1.807) is 0 Å². The molecule has 2 aliphatic rings. The number of hydrogen-bond donors (Lipinski definition) is 0. The van der Waals surface area contributed by atoms with Gasteiger partial charge in [-0.25, -0.2) is 9.69 Å². The molecular formula is C19H23NO3. The number of hydrogen-bond acceptors (Lipinski definition) is 3. The van der Waals surface area contributed by atoms with Gasteiger partial charge in [0, 0.05) is 0 Å². The highest BCUT2D eigenvalue weighted by Crippen LogP contribution is 2.36. The first-order valence-corrected chi connectivity index (χ1v) is 8.35. The summed E-state index contributed by atoms with van der Waals surface area (Å²) in [5.74, 6) is 0.307. The van der Waals surface area contributed by atoms with Crippen molar-refractivity contribution in [3.63, 3.8) is 0 Å². The molecule has 1 heterocycles. The van der Waals surface area contributed by atoms with Crippen LogP contribution in [-0.4, -0.2) is 29.5 Å². The van der Waals surface area contributed by atoms with Gasteiger partial charge in [-0.05, 0) is 31.2 Å². The van der Waals surface area contributed by atoms with E-state index in [2.05, 4.69) is 0 Å². The minimum absolute atomic E-state index is 0.113. The van der Waals surface area contributed by atoms with Gasteiger partial charge < -0.3 is 4.74 Å². The standard InChI is InChI=1S/C19H23NO3/c1-2-6-16(11-15-9-10-15)18(21)20-17(13-23-19(20)22)12-14-7-4-3-5-8-14/h2-8,15-17H,9-13H2,1H3/b6-2+/t16-,17-/m0/s1. The van der Waals surface area contributed by atoms with Gasteiger partial charge >= 0.3 is 6.09 Å². The van der Waals surface area contributed by atoms with Gasteiger partial charge in [0.2, 0.25) is 5.91 Å². The zero-order valence-electron chi connectivity index (χ0n) is 13.5. The Bertz CT molecular complexity index is 592. The smallest absolute Gasteiger partial charge is 0.417 e. The lowest BCUT2D eigenvalue weighted by Gasteiger charge is -2.23. The predicted octanol–water partition coefficient (Wildman–Crippen LogP) is 3.57. The summed E-state index contributed by atoms with van der Waals surface area (Å²) in [4.78, 5) is 26.3. The Labute approximate surface area is 137 Å². The molecule has 4 nitrogen and oxygen atoms in total. The molecule has 0 spiro atoms. The van der Waals surface area contributed by atoms with Crippen LogP contribution in [0.25, 0.3) is 0 Å². The van der Waals surface area contributed by atoms with Crippen LogP contribution in [0, 0.1) is 11.8 Å². The fourth-order valence-electron chi connectivity index (χ4n) is 3.15. The van der Waals surface area contributed by atoms with Crippen molar-refractivity contribution in [1.29, 1.82) is 0 Å². The van der Waals surface area contributed by atoms with Crippen LogP contribution < -0.4 is 0 Å². The maximum Gasteiger partial charge on any atom is 0.417 e. The summed E-state index contributed by atoms with van der Waals surface area (Å²) in [5.41, 5.74) is 1.11. The van der Waals surface area contributed by atoms with E-state index >= 15 is 0 Å². The first kappa shape index (κ1) is 15.8. The second kappa shape index (κ2) is 6.99. The lowest BCUT2D eigenvalue weighted by atomic mass is 9.98. The number of nitrogens with zero attached hydrogens (tertiary/aromatic N) is 1. The molecule has 2 atom stereocenters. The monoisotopic (exact) mass is 313 g/mol. The maximum atomic E-state index is 12.9. The van der Waals surface area contributed by atoms with E-state index in [4.69, 9.17) is 4.74 Å². The number of cyclic esters (lactones) is 1. The molecule has 0 radical (unpaired) electrons. The molecule has 1 aliphatic carbocycles. The molecule has 1 saturated heterocycles. The molecule has 4 heteroatoms. The predicted molar refractivity (Wildman–Crippen MR) is 87.8 cm³/mol. The molecule has 122 valence electrons. The minimum Gasteiger partial charge on any atom is -0.447 e. The first-order valence-electron chi connectivity index (χ1n) is 8.35. The van der Waals surface area contributed by atoms with Crippen LogP contribution in [0.5, 0.6) is 0 Å². The minimum atomic E-state index is -0.499. The summed E-state index contributed by atoms with van der Waals surface area (Å²) in [5, 5.41) is 0. The lowest BCUT2D eigenvalue weighted by Crippen LogP contribution is -2.43. The number of carbonyl (C=O) groups excluding carboxylic acids is 2. The van der Waals surface area contributed by atoms with Gasteiger partial charge in [0.05, 0.1) is 12.0 Å². The summed E-state index contributed by atoms with van der Waals surface area (Å²) in [6.45, 7) is 2.20. The SMILES string of the molecule is C/C=C/[C@@H](CC1CC1)C(=O)N1C(=O)OC[C@@H]1Cc1ccccc1. The van der Waals surface area contributed by atoms with Gasteiger partial charge in [-0.15, -0.1) is 0 Å². The summed E-state index contributed by atoms with van der Waals surface area (Å²) in [7, 11) is 0. The molecule has 0 aromatic heterocycles. The van der Waals surface area contributed by atoms with E-state index in [-0.39, 0.29) is 24.5 Å². The Hall–Kier alpha value is -2.10. The van der Waals surface area contributed by atoms with Crippen molar-refractivity contribution in [2.24, 2.45) is 11.8 Å². The van der Waals surface area contributed by atoms with Crippen LogP contribution in [0.2, 0.25) is 0 Å². The summed E-state index contributed by atoms with van der Waals surface area (Å²) >= 11 is 0. The Balaban J connectivity index is 1.73. The number of carbonyl (C=O) groups is 2. The Morgan fingerprint density at radius 2 is 2.09 bits per heavy atom. The quantitative estimate of drug-likeness (QED) is 0.754. The third-order valence-electron chi connectivity index (χ3n) is 4.54. The summed E-state index contributed by atoms with van der Waals surface area (Å²) in [6.07, 6.45) is 7.19. The average Bonchev–Trinajstić information content (AvgIpc) is 3.30. The second-order valence-corrected chi connectivity index (χ2v) is 6.44. The highest BCUT2D eigenvalue weighted by Gasteiger charge is 2.41. The highest BCUT2D eigenvalue weighted by molar-refractivity contribution is 5.95. The van der Waals surface area contributed by atoms with Gasteiger partial charge in [-0.2, -0.15) is 0 Å². The van der Waals surface area contributed by atoms with E-state index in [0.717, 1.165) is 12.0 Å². The van der Waals surface area contributed by atoms with Gasteiger partial charge in [-0.3, -0.25) is 4.79 Å². The van der Waals surface area contributed by atoms with Crippen LogP contribution in [0.3, 0.4) is 0 Å². The highest BCUT2D eigenvalue weighted by atomic mass is 16.6. The molecular weight excluding hydrogens is 290 g/mol. The van der Waals surface area contributed by atoms with Crippen molar-refractivity contribution in [2.45, 2.75) is 38.6 Å². The second-order valence-electron chi connectivity index (χ2n) is 6.44. The van der Waals surface area contributed by atoms with Gasteiger partial charge in [0.25, 0.3) is 0 Å². The molecule has 0 bridgehead atoms. The van der Waals surface area contributed by atoms with Gasteiger partial charge in [0.15, 0.2) is 0 Å². The number of ether oxygens (including phenoxy) is 1. The zero-order valence-corrected chi connectivity index (χ0v) is 13.5. The number of imide groups is 1. The molecule has 0 N–H and O–H groups in total. The average molecular weight is 313 g/mol. The largest absolute Gasteiger partial charge is 0.447 e. The molecule has 23 heavy (non-hydrogen) atoms. The van der Waals surface area contributed by atoms with Gasteiger partial charge in [-0.1, -0.05) is 55.3 Å². The van der Waals surface area contributed by atoms with E-state index in [9.17, 15) is 9.59 Å². The van der Waals surface area contributed by atoms with Crippen LogP contribution in [0.15, 0.2) is 42.5 Å². The van der Waals surface area contributed by atoms with Crippen molar-refractivity contribution in [1.82, 2.24) is 4.90 Å². The van der Waals surface area contributed by atoms with Gasteiger partial charge in [0.1, 0.15) is 6.61 Å². The van der Waals surface area contributed by atoms with Crippen molar-refractivity contribution in [2.75, 3.05) is 6.61 Å². The van der Waals surface area contributed by atoms with Crippen LogP contribution in [0.4, 0.5) is 4.79 Å². The number of rotatable bonds is 6. The molecule has 2 amide bonds. The fraction of sp³-hybridized carbons (Fsp3) is 0.474. The molecule has 1 aromatic rings. The normalized spacial score (nSPS) is 22.4.